The van der Waals surface area contributed by atoms with Crippen molar-refractivity contribution in [3.05, 3.63) is 72.3 Å². The van der Waals surface area contributed by atoms with E-state index in [0.717, 1.165) is 5.69 Å². The maximum Gasteiger partial charge on any atom is 0.255 e. The summed E-state index contributed by atoms with van der Waals surface area (Å²) in [5, 5.41) is 20.8. The number of nitrogens with zero attached hydrogens (tertiary/aromatic N) is 3. The van der Waals surface area contributed by atoms with E-state index in [0.29, 0.717) is 11.3 Å². The van der Waals surface area contributed by atoms with Gasteiger partial charge in [-0.15, -0.1) is 10.2 Å². The average Bonchev–Trinajstić information content (AvgIpc) is 3.10. The molecule has 1 aromatic heterocycles. The van der Waals surface area contributed by atoms with Crippen molar-refractivity contribution in [2.75, 3.05) is 5.32 Å². The number of carboxylic acids is 1. The number of hydrogen-bond donors (Lipinski definition) is 1. The van der Waals surface area contributed by atoms with E-state index in [4.69, 9.17) is 0 Å². The van der Waals surface area contributed by atoms with Crippen LogP contribution in [0.5, 0.6) is 0 Å². The molecule has 3 aromatic rings. The van der Waals surface area contributed by atoms with Crippen LogP contribution in [-0.4, -0.2) is 26.6 Å². The number of aromatic nitrogens is 3. The molecule has 7 heteroatoms. The van der Waals surface area contributed by atoms with Gasteiger partial charge in [0.1, 0.15) is 12.7 Å². The summed E-state index contributed by atoms with van der Waals surface area (Å²) in [6, 6.07) is 12.7. The van der Waals surface area contributed by atoms with Gasteiger partial charge in [0.05, 0.1) is 5.97 Å². The van der Waals surface area contributed by atoms with Crippen molar-refractivity contribution in [1.82, 2.24) is 14.8 Å². The Kier molecular flexibility index (Phi) is 3.84. The molecule has 0 spiro atoms. The first kappa shape index (κ1) is 14.5. The van der Waals surface area contributed by atoms with Crippen molar-refractivity contribution in [3.63, 3.8) is 0 Å². The Labute approximate surface area is 131 Å². The molecule has 1 amide bonds. The smallest absolute Gasteiger partial charge is 0.255 e. The Morgan fingerprint density at radius 3 is 2.00 bits per heavy atom. The topological polar surface area (TPSA) is 99.9 Å². The Morgan fingerprint density at radius 2 is 1.43 bits per heavy atom. The zero-order valence-electron chi connectivity index (χ0n) is 11.8. The predicted octanol–water partition coefficient (Wildman–Crippen LogP) is 0.883. The van der Waals surface area contributed by atoms with Gasteiger partial charge in [-0.2, -0.15) is 0 Å². The normalized spacial score (nSPS) is 10.3. The van der Waals surface area contributed by atoms with Crippen molar-refractivity contribution in [1.29, 1.82) is 0 Å². The van der Waals surface area contributed by atoms with Gasteiger partial charge >= 0.3 is 0 Å². The molecule has 23 heavy (non-hydrogen) atoms. The molecule has 0 saturated heterocycles. The fraction of sp³-hybridized carbons (Fsp3) is 0. The van der Waals surface area contributed by atoms with Crippen LogP contribution in [0, 0.1) is 0 Å². The number of carbonyl (C=O) groups is 2. The lowest BCUT2D eigenvalue weighted by molar-refractivity contribution is -0.255. The van der Waals surface area contributed by atoms with Gasteiger partial charge in [-0.05, 0) is 42.0 Å². The van der Waals surface area contributed by atoms with Crippen LogP contribution in [0.25, 0.3) is 5.69 Å². The lowest BCUT2D eigenvalue weighted by Gasteiger charge is -2.08. The highest BCUT2D eigenvalue weighted by Crippen LogP contribution is 2.13. The molecule has 2 aromatic carbocycles. The average molecular weight is 307 g/mol. The van der Waals surface area contributed by atoms with Crippen LogP contribution < -0.4 is 10.4 Å². The first-order chi connectivity index (χ1) is 11.1. The third-order valence-electron chi connectivity index (χ3n) is 3.22. The molecule has 0 atom stereocenters. The zero-order valence-corrected chi connectivity index (χ0v) is 11.8. The highest BCUT2D eigenvalue weighted by molar-refractivity contribution is 6.04. The van der Waals surface area contributed by atoms with Crippen molar-refractivity contribution in [2.24, 2.45) is 0 Å². The largest absolute Gasteiger partial charge is 0.545 e. The maximum absolute atomic E-state index is 12.2. The van der Waals surface area contributed by atoms with Gasteiger partial charge in [-0.25, -0.2) is 0 Å². The number of aromatic carboxylic acids is 1. The quantitative estimate of drug-likeness (QED) is 0.771. The van der Waals surface area contributed by atoms with E-state index in [2.05, 4.69) is 15.5 Å². The second kappa shape index (κ2) is 6.10. The molecule has 0 aliphatic rings. The van der Waals surface area contributed by atoms with Crippen LogP contribution >= 0.6 is 0 Å². The molecule has 0 fully saturated rings. The van der Waals surface area contributed by atoms with Crippen molar-refractivity contribution >= 4 is 17.6 Å². The minimum Gasteiger partial charge on any atom is -0.545 e. The molecular weight excluding hydrogens is 296 g/mol. The molecule has 114 valence electrons. The second-order valence-electron chi connectivity index (χ2n) is 4.73. The number of amides is 1. The second-order valence-corrected chi connectivity index (χ2v) is 4.73. The predicted molar refractivity (Wildman–Crippen MR) is 80.1 cm³/mol. The molecule has 0 bridgehead atoms. The highest BCUT2D eigenvalue weighted by Gasteiger charge is 2.07. The SMILES string of the molecule is O=C([O-])c1ccc(NC(=O)c2ccc(-n3cnnc3)cc2)cc1. The third kappa shape index (κ3) is 3.24. The summed E-state index contributed by atoms with van der Waals surface area (Å²) >= 11 is 0. The number of rotatable bonds is 4. The summed E-state index contributed by atoms with van der Waals surface area (Å²) in [6.45, 7) is 0. The number of anilines is 1. The van der Waals surface area contributed by atoms with Gasteiger partial charge in [0.25, 0.3) is 5.91 Å². The molecular formula is C16H11N4O3-. The third-order valence-corrected chi connectivity index (χ3v) is 3.22. The van der Waals surface area contributed by atoms with Crippen LogP contribution in [0.3, 0.4) is 0 Å². The summed E-state index contributed by atoms with van der Waals surface area (Å²) in [6.07, 6.45) is 3.13. The summed E-state index contributed by atoms with van der Waals surface area (Å²) < 4.78 is 1.72. The van der Waals surface area contributed by atoms with Gasteiger partial charge in [0.2, 0.25) is 0 Å². The van der Waals surface area contributed by atoms with Crippen molar-refractivity contribution < 1.29 is 14.7 Å². The first-order valence-corrected chi connectivity index (χ1v) is 6.71. The van der Waals surface area contributed by atoms with E-state index < -0.39 is 5.97 Å². The van der Waals surface area contributed by atoms with Crippen LogP contribution in [-0.2, 0) is 0 Å². The summed E-state index contributed by atoms with van der Waals surface area (Å²) in [4.78, 5) is 22.8. The van der Waals surface area contributed by atoms with Gasteiger partial charge < -0.3 is 15.2 Å². The Morgan fingerprint density at radius 1 is 0.870 bits per heavy atom. The molecule has 0 saturated carbocycles. The summed E-state index contributed by atoms with van der Waals surface area (Å²) in [5.41, 5.74) is 1.87. The minimum absolute atomic E-state index is 0.0568. The summed E-state index contributed by atoms with van der Waals surface area (Å²) in [5.74, 6) is -1.55. The van der Waals surface area contributed by atoms with E-state index in [-0.39, 0.29) is 11.5 Å². The van der Waals surface area contributed by atoms with Gasteiger partial charge in [-0.3, -0.25) is 9.36 Å². The highest BCUT2D eigenvalue weighted by atomic mass is 16.4. The van der Waals surface area contributed by atoms with Crippen LogP contribution in [0.15, 0.2) is 61.2 Å². The van der Waals surface area contributed by atoms with Crippen LogP contribution in [0.2, 0.25) is 0 Å². The number of carbonyl (C=O) groups excluding carboxylic acids is 2. The Balaban J connectivity index is 1.71. The van der Waals surface area contributed by atoms with E-state index in [9.17, 15) is 14.7 Å². The Hall–Kier alpha value is -3.48. The number of carboxylic acid groups (broad SMARTS) is 1. The lowest BCUT2D eigenvalue weighted by atomic mass is 10.1. The van der Waals surface area contributed by atoms with Crippen LogP contribution in [0.1, 0.15) is 20.7 Å². The van der Waals surface area contributed by atoms with E-state index in [1.54, 1.807) is 41.5 Å². The molecule has 1 N–H and O–H groups in total. The Bertz CT molecular complexity index is 825. The van der Waals surface area contributed by atoms with Gasteiger partial charge in [0, 0.05) is 16.9 Å². The van der Waals surface area contributed by atoms with Crippen molar-refractivity contribution in [3.8, 4) is 5.69 Å². The monoisotopic (exact) mass is 307 g/mol. The number of benzene rings is 2. The summed E-state index contributed by atoms with van der Waals surface area (Å²) in [7, 11) is 0. The molecule has 3 rings (SSSR count). The molecule has 0 radical (unpaired) electrons. The molecule has 0 aliphatic heterocycles. The number of nitrogens with one attached hydrogen (secondary N) is 1. The fourth-order valence-corrected chi connectivity index (χ4v) is 2.01. The minimum atomic E-state index is -1.26. The molecule has 0 aliphatic carbocycles. The van der Waals surface area contributed by atoms with E-state index in [1.165, 1.54) is 24.3 Å². The first-order valence-electron chi connectivity index (χ1n) is 6.71. The standard InChI is InChI=1S/C16H12N4O3/c21-15(19-13-5-1-12(2-6-13)16(22)23)11-3-7-14(8-4-11)20-9-17-18-10-20/h1-10H,(H,19,21)(H,22,23)/p-1. The van der Waals surface area contributed by atoms with Gasteiger partial charge in [-0.1, -0.05) is 12.1 Å². The van der Waals surface area contributed by atoms with E-state index in [1.807, 2.05) is 0 Å². The van der Waals surface area contributed by atoms with Crippen LogP contribution in [0.4, 0.5) is 5.69 Å². The lowest BCUT2D eigenvalue weighted by Crippen LogP contribution is -2.22. The molecule has 1 heterocycles. The van der Waals surface area contributed by atoms with E-state index >= 15 is 0 Å². The molecule has 7 nitrogen and oxygen atoms in total. The number of hydrogen-bond acceptors (Lipinski definition) is 5. The van der Waals surface area contributed by atoms with Gasteiger partial charge in [0.15, 0.2) is 0 Å². The molecule has 0 unspecified atom stereocenters. The fourth-order valence-electron chi connectivity index (χ4n) is 2.01. The maximum atomic E-state index is 12.2. The zero-order chi connectivity index (χ0) is 16.2. The van der Waals surface area contributed by atoms with Crippen molar-refractivity contribution in [2.45, 2.75) is 0 Å².